The maximum atomic E-state index is 12.0. The first-order chi connectivity index (χ1) is 12.5. The first-order valence-corrected chi connectivity index (χ1v) is 9.42. The molecule has 0 atom stereocenters. The summed E-state index contributed by atoms with van der Waals surface area (Å²) < 4.78 is 5.52. The number of aromatic nitrogens is 2. The van der Waals surface area contributed by atoms with Gasteiger partial charge < -0.3 is 4.42 Å². The molecule has 3 rings (SSSR count). The van der Waals surface area contributed by atoms with E-state index in [0.717, 1.165) is 10.5 Å². The highest BCUT2D eigenvalue weighted by atomic mass is 35.5. The van der Waals surface area contributed by atoms with Crippen LogP contribution in [0, 0.1) is 13.8 Å². The number of halogens is 1. The molecular weight excluding hydrogens is 370 g/mol. The van der Waals surface area contributed by atoms with Crippen LogP contribution in [-0.4, -0.2) is 21.9 Å². The number of aryl methyl sites for hydroxylation is 2. The van der Waals surface area contributed by atoms with Crippen LogP contribution in [0.15, 0.2) is 51.8 Å². The van der Waals surface area contributed by atoms with E-state index in [9.17, 15) is 4.79 Å². The summed E-state index contributed by atoms with van der Waals surface area (Å²) in [5.74, 6) is 0.511. The van der Waals surface area contributed by atoms with Crippen molar-refractivity contribution < 1.29 is 9.21 Å². The molecule has 0 aliphatic carbocycles. The number of nitrogens with one attached hydrogen (secondary N) is 1. The number of rotatable bonds is 6. The van der Waals surface area contributed by atoms with Gasteiger partial charge in [-0.25, -0.2) is 0 Å². The highest BCUT2D eigenvalue weighted by Gasteiger charge is 2.11. The lowest BCUT2D eigenvalue weighted by Gasteiger charge is -2.03. The average molecular weight is 388 g/mol. The molecule has 5 nitrogen and oxygen atoms in total. The summed E-state index contributed by atoms with van der Waals surface area (Å²) in [6.07, 6.45) is 0.531. The second kappa shape index (κ2) is 8.38. The molecule has 0 saturated heterocycles. The Morgan fingerprint density at radius 3 is 2.62 bits per heavy atom. The summed E-state index contributed by atoms with van der Waals surface area (Å²) in [6, 6.07) is 13.6. The number of nitrogens with zero attached hydrogens (tertiary/aromatic N) is 2. The minimum absolute atomic E-state index is 0.116. The van der Waals surface area contributed by atoms with E-state index >= 15 is 0 Å². The quantitative estimate of drug-likeness (QED) is 0.623. The van der Waals surface area contributed by atoms with E-state index in [-0.39, 0.29) is 17.7 Å². The first-order valence-electron chi connectivity index (χ1n) is 8.06. The predicted octanol–water partition coefficient (Wildman–Crippen LogP) is 4.66. The molecule has 26 heavy (non-hydrogen) atoms. The lowest BCUT2D eigenvalue weighted by molar-refractivity contribution is -0.113. The van der Waals surface area contributed by atoms with Gasteiger partial charge in [0.1, 0.15) is 0 Å². The van der Waals surface area contributed by atoms with E-state index in [1.54, 1.807) is 12.1 Å². The van der Waals surface area contributed by atoms with E-state index in [0.29, 0.717) is 17.3 Å². The van der Waals surface area contributed by atoms with Crippen molar-refractivity contribution in [2.75, 3.05) is 11.1 Å². The van der Waals surface area contributed by atoms with Gasteiger partial charge in [-0.1, -0.05) is 34.9 Å². The van der Waals surface area contributed by atoms with Crippen LogP contribution in [-0.2, 0) is 11.2 Å². The lowest BCUT2D eigenvalue weighted by Crippen LogP contribution is -2.14. The number of hydrogen-bond acceptors (Lipinski definition) is 5. The fourth-order valence-electron chi connectivity index (χ4n) is 2.30. The zero-order chi connectivity index (χ0) is 18.5. The largest absolute Gasteiger partial charge is 0.407 e. The Labute approximate surface area is 161 Å². The minimum Gasteiger partial charge on any atom is -0.407 e. The molecule has 1 aromatic heterocycles. The first kappa shape index (κ1) is 18.5. The van der Waals surface area contributed by atoms with Crippen molar-refractivity contribution in [3.8, 4) is 0 Å². The van der Waals surface area contributed by atoms with E-state index in [1.165, 1.54) is 22.9 Å². The van der Waals surface area contributed by atoms with Crippen molar-refractivity contribution in [2.45, 2.75) is 25.2 Å². The number of carbonyl (C=O) groups is 1. The average Bonchev–Trinajstić information content (AvgIpc) is 3.04. The monoisotopic (exact) mass is 387 g/mol. The second-order valence-corrected chi connectivity index (χ2v) is 7.37. The highest BCUT2D eigenvalue weighted by molar-refractivity contribution is 8.00. The summed E-state index contributed by atoms with van der Waals surface area (Å²) in [5, 5.41) is 11.2. The van der Waals surface area contributed by atoms with Crippen LogP contribution in [0.1, 0.15) is 22.6 Å². The number of benzene rings is 2. The molecule has 0 unspecified atom stereocenters. The Morgan fingerprint density at radius 1 is 1.12 bits per heavy atom. The number of anilines is 1. The third kappa shape index (κ3) is 5.09. The van der Waals surface area contributed by atoms with Gasteiger partial charge in [-0.3, -0.25) is 10.1 Å². The van der Waals surface area contributed by atoms with E-state index in [2.05, 4.69) is 41.5 Å². The SMILES string of the molecule is Cc1ccc(Cc2nnc(NC(=O)CSc3ccc(Cl)cc3)o2)cc1C. The van der Waals surface area contributed by atoms with Crippen molar-refractivity contribution in [2.24, 2.45) is 0 Å². The second-order valence-electron chi connectivity index (χ2n) is 5.89. The van der Waals surface area contributed by atoms with Gasteiger partial charge in [0.2, 0.25) is 11.8 Å². The topological polar surface area (TPSA) is 68.0 Å². The Morgan fingerprint density at radius 2 is 1.88 bits per heavy atom. The van der Waals surface area contributed by atoms with Crippen molar-refractivity contribution >= 4 is 35.3 Å². The summed E-state index contributed by atoms with van der Waals surface area (Å²) in [6.45, 7) is 4.14. The molecule has 2 aromatic carbocycles. The normalized spacial score (nSPS) is 10.7. The van der Waals surface area contributed by atoms with Crippen LogP contribution in [0.2, 0.25) is 5.02 Å². The van der Waals surface area contributed by atoms with Gasteiger partial charge in [0.25, 0.3) is 0 Å². The zero-order valence-corrected chi connectivity index (χ0v) is 16.0. The van der Waals surface area contributed by atoms with Gasteiger partial charge in [-0.05, 0) is 54.8 Å². The summed E-state index contributed by atoms with van der Waals surface area (Å²) in [4.78, 5) is 13.0. The summed E-state index contributed by atoms with van der Waals surface area (Å²) >= 11 is 7.25. The van der Waals surface area contributed by atoms with Crippen LogP contribution in [0.3, 0.4) is 0 Å². The predicted molar refractivity (Wildman–Crippen MR) is 104 cm³/mol. The molecule has 0 saturated carbocycles. The van der Waals surface area contributed by atoms with Crippen LogP contribution in [0.5, 0.6) is 0 Å². The molecule has 1 heterocycles. The van der Waals surface area contributed by atoms with Gasteiger partial charge in [0.15, 0.2) is 0 Å². The Hall–Kier alpha value is -2.31. The molecule has 0 spiro atoms. The number of carbonyl (C=O) groups excluding carboxylic acids is 1. The zero-order valence-electron chi connectivity index (χ0n) is 14.5. The third-order valence-corrected chi connectivity index (χ3v) is 5.09. The molecule has 0 fully saturated rings. The van der Waals surface area contributed by atoms with Crippen molar-refractivity contribution in [3.05, 3.63) is 70.1 Å². The van der Waals surface area contributed by atoms with Crippen LogP contribution < -0.4 is 5.32 Å². The number of amides is 1. The van der Waals surface area contributed by atoms with E-state index in [4.69, 9.17) is 16.0 Å². The van der Waals surface area contributed by atoms with E-state index in [1.807, 2.05) is 18.2 Å². The standard InChI is InChI=1S/C19H18ClN3O2S/c1-12-3-4-14(9-13(12)2)10-18-22-23-19(25-18)21-17(24)11-26-16-7-5-15(20)6-8-16/h3-9H,10-11H2,1-2H3,(H,21,23,24). The van der Waals surface area contributed by atoms with E-state index < -0.39 is 0 Å². The van der Waals surface area contributed by atoms with Gasteiger partial charge >= 0.3 is 6.01 Å². The molecule has 0 radical (unpaired) electrons. The molecule has 0 bridgehead atoms. The Bertz CT molecular complexity index is 909. The van der Waals surface area contributed by atoms with Gasteiger partial charge in [0.05, 0.1) is 12.2 Å². The third-order valence-electron chi connectivity index (χ3n) is 3.82. The lowest BCUT2D eigenvalue weighted by atomic mass is 10.0. The number of thioether (sulfide) groups is 1. The fourth-order valence-corrected chi connectivity index (χ4v) is 3.12. The Kier molecular flexibility index (Phi) is 5.96. The van der Waals surface area contributed by atoms with Gasteiger partial charge in [-0.2, -0.15) is 0 Å². The Balaban J connectivity index is 1.53. The fraction of sp³-hybridized carbons (Fsp3) is 0.211. The molecule has 1 N–H and O–H groups in total. The highest BCUT2D eigenvalue weighted by Crippen LogP contribution is 2.20. The molecule has 0 aliphatic rings. The minimum atomic E-state index is -0.202. The van der Waals surface area contributed by atoms with Crippen molar-refractivity contribution in [1.82, 2.24) is 10.2 Å². The molecular formula is C19H18ClN3O2S. The summed E-state index contributed by atoms with van der Waals surface area (Å²) in [7, 11) is 0. The van der Waals surface area contributed by atoms with Crippen LogP contribution in [0.25, 0.3) is 0 Å². The molecule has 134 valence electrons. The molecule has 3 aromatic rings. The van der Waals surface area contributed by atoms with Gasteiger partial charge in [0, 0.05) is 9.92 Å². The summed E-state index contributed by atoms with van der Waals surface area (Å²) in [5.41, 5.74) is 3.55. The smallest absolute Gasteiger partial charge is 0.322 e. The van der Waals surface area contributed by atoms with Gasteiger partial charge in [-0.15, -0.1) is 16.9 Å². The molecule has 1 amide bonds. The maximum absolute atomic E-state index is 12.0. The molecule has 7 heteroatoms. The number of hydrogen-bond donors (Lipinski definition) is 1. The van der Waals surface area contributed by atoms with Crippen molar-refractivity contribution in [1.29, 1.82) is 0 Å². The van der Waals surface area contributed by atoms with Crippen LogP contribution >= 0.6 is 23.4 Å². The van der Waals surface area contributed by atoms with Crippen LogP contribution in [0.4, 0.5) is 6.01 Å². The van der Waals surface area contributed by atoms with Crippen molar-refractivity contribution in [3.63, 3.8) is 0 Å². The molecule has 0 aliphatic heterocycles. The maximum Gasteiger partial charge on any atom is 0.322 e.